The number of ether oxygens (including phenoxy) is 1. The molecule has 0 saturated carbocycles. The number of methoxy groups -OCH3 is 1. The standard InChI is InChI=1S/C14H8F4O2/c1-20-12-6-7(2-3-9(12)15)14(19)8-4-10(16)13(18)11(17)5-8/h2-6H,1H3. The lowest BCUT2D eigenvalue weighted by Crippen LogP contribution is -2.05. The van der Waals surface area contributed by atoms with Crippen molar-refractivity contribution in [2.45, 2.75) is 0 Å². The van der Waals surface area contributed by atoms with Crippen molar-refractivity contribution in [2.24, 2.45) is 0 Å². The molecule has 0 bridgehead atoms. The van der Waals surface area contributed by atoms with Gasteiger partial charge in [-0.2, -0.15) is 0 Å². The van der Waals surface area contributed by atoms with E-state index in [1.807, 2.05) is 0 Å². The molecule has 0 N–H and O–H groups in total. The van der Waals surface area contributed by atoms with Gasteiger partial charge in [0.1, 0.15) is 0 Å². The van der Waals surface area contributed by atoms with Gasteiger partial charge in [-0.25, -0.2) is 17.6 Å². The highest BCUT2D eigenvalue weighted by Crippen LogP contribution is 2.22. The van der Waals surface area contributed by atoms with Gasteiger partial charge < -0.3 is 4.74 Å². The van der Waals surface area contributed by atoms with Gasteiger partial charge in [-0.15, -0.1) is 0 Å². The molecular weight excluding hydrogens is 276 g/mol. The third kappa shape index (κ3) is 2.49. The first-order chi connectivity index (χ1) is 9.43. The van der Waals surface area contributed by atoms with Gasteiger partial charge in [0.15, 0.2) is 34.8 Å². The number of carbonyl (C=O) groups excluding carboxylic acids is 1. The summed E-state index contributed by atoms with van der Waals surface area (Å²) in [4.78, 5) is 12.0. The molecule has 0 aliphatic carbocycles. The summed E-state index contributed by atoms with van der Waals surface area (Å²) in [5.74, 6) is -6.23. The summed E-state index contributed by atoms with van der Waals surface area (Å²) in [6, 6.07) is 4.38. The first-order valence-corrected chi connectivity index (χ1v) is 5.47. The van der Waals surface area contributed by atoms with E-state index in [0.717, 1.165) is 18.2 Å². The highest BCUT2D eigenvalue weighted by atomic mass is 19.2. The van der Waals surface area contributed by atoms with Crippen molar-refractivity contribution < 1.29 is 27.1 Å². The number of halogens is 4. The van der Waals surface area contributed by atoms with Crippen LogP contribution >= 0.6 is 0 Å². The van der Waals surface area contributed by atoms with Crippen molar-refractivity contribution in [1.82, 2.24) is 0 Å². The molecule has 0 aliphatic rings. The lowest BCUT2D eigenvalue weighted by atomic mass is 10.0. The topological polar surface area (TPSA) is 26.3 Å². The van der Waals surface area contributed by atoms with E-state index in [-0.39, 0.29) is 16.9 Å². The predicted octanol–water partition coefficient (Wildman–Crippen LogP) is 3.48. The van der Waals surface area contributed by atoms with Gasteiger partial charge in [-0.05, 0) is 30.3 Å². The molecule has 0 saturated heterocycles. The van der Waals surface area contributed by atoms with E-state index in [4.69, 9.17) is 4.74 Å². The molecule has 2 nitrogen and oxygen atoms in total. The van der Waals surface area contributed by atoms with Gasteiger partial charge in [0.25, 0.3) is 0 Å². The van der Waals surface area contributed by atoms with Crippen LogP contribution in [0.3, 0.4) is 0 Å². The molecule has 2 rings (SSSR count). The number of rotatable bonds is 3. The maximum Gasteiger partial charge on any atom is 0.194 e. The fraction of sp³-hybridized carbons (Fsp3) is 0.0714. The summed E-state index contributed by atoms with van der Waals surface area (Å²) in [6.45, 7) is 0. The smallest absolute Gasteiger partial charge is 0.194 e. The van der Waals surface area contributed by atoms with Gasteiger partial charge in [-0.1, -0.05) is 0 Å². The molecule has 2 aromatic rings. The minimum Gasteiger partial charge on any atom is -0.494 e. The molecule has 0 amide bonds. The molecule has 0 aromatic heterocycles. The number of carbonyl (C=O) groups is 1. The SMILES string of the molecule is COc1cc(C(=O)c2cc(F)c(F)c(F)c2)ccc1F. The lowest BCUT2D eigenvalue weighted by Gasteiger charge is -2.06. The molecule has 0 heterocycles. The van der Waals surface area contributed by atoms with Crippen molar-refractivity contribution in [3.05, 3.63) is 64.7 Å². The monoisotopic (exact) mass is 284 g/mol. The summed E-state index contributed by atoms with van der Waals surface area (Å²) >= 11 is 0. The fourth-order valence-electron chi connectivity index (χ4n) is 1.65. The Morgan fingerprint density at radius 1 is 0.900 bits per heavy atom. The third-order valence-corrected chi connectivity index (χ3v) is 2.66. The zero-order valence-corrected chi connectivity index (χ0v) is 10.2. The number of benzene rings is 2. The largest absolute Gasteiger partial charge is 0.494 e. The first-order valence-electron chi connectivity index (χ1n) is 5.47. The minimum atomic E-state index is -1.65. The summed E-state index contributed by atoms with van der Waals surface area (Å²) in [5, 5.41) is 0. The molecule has 0 unspecified atom stereocenters. The molecule has 6 heteroatoms. The fourth-order valence-corrected chi connectivity index (χ4v) is 1.65. The molecule has 0 aliphatic heterocycles. The molecular formula is C14H8F4O2. The van der Waals surface area contributed by atoms with Crippen LogP contribution in [0.5, 0.6) is 5.75 Å². The normalized spacial score (nSPS) is 10.4. The lowest BCUT2D eigenvalue weighted by molar-refractivity contribution is 0.103. The Morgan fingerprint density at radius 3 is 2.05 bits per heavy atom. The van der Waals surface area contributed by atoms with Crippen LogP contribution in [-0.4, -0.2) is 12.9 Å². The van der Waals surface area contributed by atoms with Crippen LogP contribution in [0.1, 0.15) is 15.9 Å². The van der Waals surface area contributed by atoms with Gasteiger partial charge in [-0.3, -0.25) is 4.79 Å². The van der Waals surface area contributed by atoms with Gasteiger partial charge in [0.05, 0.1) is 7.11 Å². The van der Waals surface area contributed by atoms with E-state index in [1.165, 1.54) is 7.11 Å². The molecule has 0 spiro atoms. The second-order valence-electron chi connectivity index (χ2n) is 3.93. The Morgan fingerprint density at radius 2 is 1.50 bits per heavy atom. The second kappa shape index (κ2) is 5.32. The highest BCUT2D eigenvalue weighted by Gasteiger charge is 2.17. The molecule has 104 valence electrons. The summed E-state index contributed by atoms with van der Waals surface area (Å²) in [5.41, 5.74) is -0.413. The van der Waals surface area contributed by atoms with Crippen molar-refractivity contribution in [1.29, 1.82) is 0 Å². The highest BCUT2D eigenvalue weighted by molar-refractivity contribution is 6.09. The Hall–Kier alpha value is -2.37. The molecule has 20 heavy (non-hydrogen) atoms. The molecule has 0 atom stereocenters. The van der Waals surface area contributed by atoms with Gasteiger partial charge >= 0.3 is 0 Å². The van der Waals surface area contributed by atoms with Gasteiger partial charge in [0.2, 0.25) is 0 Å². The minimum absolute atomic E-state index is 0.0336. The molecule has 0 radical (unpaired) electrons. The van der Waals surface area contributed by atoms with E-state index < -0.39 is 29.1 Å². The van der Waals surface area contributed by atoms with Gasteiger partial charge in [0, 0.05) is 11.1 Å². The Kier molecular flexibility index (Phi) is 3.74. The van der Waals surface area contributed by atoms with E-state index in [2.05, 4.69) is 0 Å². The van der Waals surface area contributed by atoms with Crippen LogP contribution in [0.2, 0.25) is 0 Å². The van der Waals surface area contributed by atoms with Crippen LogP contribution in [-0.2, 0) is 0 Å². The summed E-state index contributed by atoms with van der Waals surface area (Å²) in [6.07, 6.45) is 0. The van der Waals surface area contributed by atoms with E-state index >= 15 is 0 Å². The maximum absolute atomic E-state index is 13.2. The van der Waals surface area contributed by atoms with Crippen molar-refractivity contribution >= 4 is 5.78 Å². The van der Waals surface area contributed by atoms with Crippen molar-refractivity contribution in [3.63, 3.8) is 0 Å². The van der Waals surface area contributed by atoms with Crippen LogP contribution in [0, 0.1) is 23.3 Å². The first kappa shape index (κ1) is 14.0. The Balaban J connectivity index is 2.46. The Bertz CT molecular complexity index is 660. The van der Waals surface area contributed by atoms with E-state index in [9.17, 15) is 22.4 Å². The quantitative estimate of drug-likeness (QED) is 0.490. The third-order valence-electron chi connectivity index (χ3n) is 2.66. The summed E-state index contributed by atoms with van der Waals surface area (Å²) < 4.78 is 56.9. The number of hydrogen-bond donors (Lipinski definition) is 0. The van der Waals surface area contributed by atoms with E-state index in [0.29, 0.717) is 12.1 Å². The number of ketones is 1. The number of hydrogen-bond acceptors (Lipinski definition) is 2. The molecule has 0 fully saturated rings. The predicted molar refractivity (Wildman–Crippen MR) is 62.7 cm³/mol. The molecule has 2 aromatic carbocycles. The average molecular weight is 284 g/mol. The zero-order chi connectivity index (χ0) is 14.9. The average Bonchev–Trinajstić information content (AvgIpc) is 2.44. The van der Waals surface area contributed by atoms with Crippen LogP contribution in [0.25, 0.3) is 0 Å². The second-order valence-corrected chi connectivity index (χ2v) is 3.93. The van der Waals surface area contributed by atoms with Crippen molar-refractivity contribution in [2.75, 3.05) is 7.11 Å². The zero-order valence-electron chi connectivity index (χ0n) is 10.2. The Labute approximate surface area is 111 Å². The van der Waals surface area contributed by atoms with Crippen molar-refractivity contribution in [3.8, 4) is 5.75 Å². The van der Waals surface area contributed by atoms with Crippen LogP contribution < -0.4 is 4.74 Å². The van der Waals surface area contributed by atoms with Crippen LogP contribution in [0.4, 0.5) is 17.6 Å². The van der Waals surface area contributed by atoms with Crippen LogP contribution in [0.15, 0.2) is 30.3 Å². The maximum atomic E-state index is 13.2. The van der Waals surface area contributed by atoms with E-state index in [1.54, 1.807) is 0 Å². The summed E-state index contributed by atoms with van der Waals surface area (Å²) in [7, 11) is 1.21.